The number of hydrogen-bond donors (Lipinski definition) is 1. The van der Waals surface area contributed by atoms with Crippen molar-refractivity contribution in [2.24, 2.45) is 0 Å². The molecule has 0 aliphatic rings. The molecule has 0 saturated heterocycles. The minimum absolute atomic E-state index is 0.0201. The second kappa shape index (κ2) is 8.27. The summed E-state index contributed by atoms with van der Waals surface area (Å²) in [7, 11) is -1.69. The summed E-state index contributed by atoms with van der Waals surface area (Å²) in [6, 6.07) is 9.56. The summed E-state index contributed by atoms with van der Waals surface area (Å²) < 4.78 is 28.6. The molecule has 1 heterocycles. The van der Waals surface area contributed by atoms with Crippen LogP contribution >= 0.6 is 0 Å². The Kier molecular flexibility index (Phi) is 6.26. The fraction of sp³-hybridized carbons (Fsp3) is 0.316. The Morgan fingerprint density at radius 3 is 2.43 bits per heavy atom. The molecule has 0 atom stereocenters. The third-order valence-corrected chi connectivity index (χ3v) is 4.94. The SMILES string of the molecule is CC(C)Oc1nc(C(=O)N(C)Cc2ccc(S(C)(=O)=O)cc2)cc(N)c1C#N. The van der Waals surface area contributed by atoms with Crippen molar-refractivity contribution in [1.82, 2.24) is 9.88 Å². The van der Waals surface area contributed by atoms with E-state index < -0.39 is 15.7 Å². The molecule has 0 unspecified atom stereocenters. The van der Waals surface area contributed by atoms with E-state index in [9.17, 15) is 18.5 Å². The van der Waals surface area contributed by atoms with E-state index in [1.54, 1.807) is 33.0 Å². The molecule has 28 heavy (non-hydrogen) atoms. The average Bonchev–Trinajstić information content (AvgIpc) is 2.60. The zero-order chi connectivity index (χ0) is 21.1. The molecule has 148 valence electrons. The largest absolute Gasteiger partial charge is 0.474 e. The molecule has 1 aromatic heterocycles. The van der Waals surface area contributed by atoms with Gasteiger partial charge in [0.1, 0.15) is 17.3 Å². The first-order valence-corrected chi connectivity index (χ1v) is 10.3. The molecule has 1 amide bonds. The summed E-state index contributed by atoms with van der Waals surface area (Å²) in [4.78, 5) is 18.5. The summed E-state index contributed by atoms with van der Waals surface area (Å²) in [6.07, 6.45) is 0.894. The normalized spacial score (nSPS) is 11.1. The predicted octanol–water partition coefficient (Wildman–Crippen LogP) is 2.00. The average molecular weight is 402 g/mol. The Morgan fingerprint density at radius 1 is 1.32 bits per heavy atom. The third kappa shape index (κ3) is 4.98. The first-order valence-electron chi connectivity index (χ1n) is 8.44. The molecule has 2 aromatic rings. The number of carbonyl (C=O) groups excluding carboxylic acids is 1. The lowest BCUT2D eigenvalue weighted by molar-refractivity contribution is 0.0777. The molecule has 8 nitrogen and oxygen atoms in total. The van der Waals surface area contributed by atoms with Gasteiger partial charge in [-0.25, -0.2) is 13.4 Å². The molecular formula is C19H22N4O4S. The smallest absolute Gasteiger partial charge is 0.272 e. The topological polar surface area (TPSA) is 126 Å². The molecule has 0 bridgehead atoms. The van der Waals surface area contributed by atoms with Crippen LogP contribution < -0.4 is 10.5 Å². The van der Waals surface area contributed by atoms with Gasteiger partial charge in [-0.05, 0) is 37.6 Å². The maximum Gasteiger partial charge on any atom is 0.272 e. The van der Waals surface area contributed by atoms with E-state index in [1.807, 2.05) is 6.07 Å². The van der Waals surface area contributed by atoms with Crippen LogP contribution in [0.15, 0.2) is 35.2 Å². The summed E-state index contributed by atoms with van der Waals surface area (Å²) >= 11 is 0. The summed E-state index contributed by atoms with van der Waals surface area (Å²) in [6.45, 7) is 3.80. The van der Waals surface area contributed by atoms with Gasteiger partial charge in [-0.15, -0.1) is 0 Å². The molecule has 0 spiro atoms. The monoisotopic (exact) mass is 402 g/mol. The van der Waals surface area contributed by atoms with Crippen LogP contribution in [-0.2, 0) is 16.4 Å². The Hall–Kier alpha value is -3.12. The fourth-order valence-corrected chi connectivity index (χ4v) is 3.08. The van der Waals surface area contributed by atoms with Crippen molar-refractivity contribution < 1.29 is 17.9 Å². The maximum atomic E-state index is 12.7. The van der Waals surface area contributed by atoms with E-state index in [-0.39, 0.29) is 40.4 Å². The number of sulfone groups is 1. The van der Waals surface area contributed by atoms with Crippen LogP contribution in [0.25, 0.3) is 0 Å². The van der Waals surface area contributed by atoms with Crippen molar-refractivity contribution >= 4 is 21.4 Å². The number of hydrogen-bond acceptors (Lipinski definition) is 7. The standard InChI is InChI=1S/C19H22N4O4S/c1-12(2)27-18-15(10-20)16(21)9-17(22-18)19(24)23(3)11-13-5-7-14(8-6-13)28(4,25)26/h5-9,12H,11H2,1-4H3,(H2,21,22). The molecule has 2 rings (SSSR count). The molecule has 0 fully saturated rings. The lowest BCUT2D eigenvalue weighted by atomic mass is 10.2. The third-order valence-electron chi connectivity index (χ3n) is 3.81. The van der Waals surface area contributed by atoms with Gasteiger partial charge in [-0.3, -0.25) is 4.79 Å². The summed E-state index contributed by atoms with van der Waals surface area (Å²) in [5, 5.41) is 9.24. The maximum absolute atomic E-state index is 12.7. The van der Waals surface area contributed by atoms with Crippen LogP contribution in [0.5, 0.6) is 5.88 Å². The molecule has 0 aliphatic carbocycles. The van der Waals surface area contributed by atoms with Gasteiger partial charge in [0.15, 0.2) is 9.84 Å². The lowest BCUT2D eigenvalue weighted by Crippen LogP contribution is -2.27. The van der Waals surface area contributed by atoms with Gasteiger partial charge in [-0.1, -0.05) is 12.1 Å². The number of anilines is 1. The molecule has 9 heteroatoms. The number of carbonyl (C=O) groups is 1. The van der Waals surface area contributed by atoms with Gasteiger partial charge in [0.2, 0.25) is 5.88 Å². The first-order chi connectivity index (χ1) is 13.0. The van der Waals surface area contributed by atoms with Crippen molar-refractivity contribution in [2.75, 3.05) is 19.0 Å². The number of nitrogens with two attached hydrogens (primary N) is 1. The quantitative estimate of drug-likeness (QED) is 0.783. The van der Waals surface area contributed by atoms with Gasteiger partial charge in [-0.2, -0.15) is 5.26 Å². The number of aromatic nitrogens is 1. The second-order valence-corrected chi connectivity index (χ2v) is 8.65. The van der Waals surface area contributed by atoms with E-state index >= 15 is 0 Å². The zero-order valence-electron chi connectivity index (χ0n) is 16.1. The van der Waals surface area contributed by atoms with E-state index in [2.05, 4.69) is 4.98 Å². The van der Waals surface area contributed by atoms with Gasteiger partial charge in [0.05, 0.1) is 16.7 Å². The Balaban J connectivity index is 2.25. The first kappa shape index (κ1) is 21.2. The van der Waals surface area contributed by atoms with Crippen LogP contribution in [-0.4, -0.2) is 43.6 Å². The fourth-order valence-electron chi connectivity index (χ4n) is 2.45. The Bertz CT molecular complexity index is 1030. The van der Waals surface area contributed by atoms with E-state index in [0.29, 0.717) is 0 Å². The van der Waals surface area contributed by atoms with Gasteiger partial charge < -0.3 is 15.4 Å². The highest BCUT2D eigenvalue weighted by Crippen LogP contribution is 2.24. The van der Waals surface area contributed by atoms with Crippen molar-refractivity contribution in [2.45, 2.75) is 31.4 Å². The van der Waals surface area contributed by atoms with Crippen molar-refractivity contribution in [3.8, 4) is 11.9 Å². The number of benzene rings is 1. The van der Waals surface area contributed by atoms with E-state index in [0.717, 1.165) is 11.8 Å². The summed E-state index contributed by atoms with van der Waals surface area (Å²) in [5.41, 5.74) is 6.90. The van der Waals surface area contributed by atoms with Crippen LogP contribution in [0.3, 0.4) is 0 Å². The molecule has 0 aliphatic heterocycles. The van der Waals surface area contributed by atoms with Crippen LogP contribution in [0.1, 0.15) is 35.5 Å². The minimum Gasteiger partial charge on any atom is -0.474 e. The lowest BCUT2D eigenvalue weighted by Gasteiger charge is -2.18. The van der Waals surface area contributed by atoms with E-state index in [4.69, 9.17) is 10.5 Å². The number of nitrogens with zero attached hydrogens (tertiary/aromatic N) is 3. The molecule has 1 aromatic carbocycles. The highest BCUT2D eigenvalue weighted by Gasteiger charge is 2.20. The minimum atomic E-state index is -3.28. The van der Waals surface area contributed by atoms with Crippen LogP contribution in [0.4, 0.5) is 5.69 Å². The molecule has 0 saturated carbocycles. The van der Waals surface area contributed by atoms with Crippen LogP contribution in [0, 0.1) is 11.3 Å². The second-order valence-electron chi connectivity index (χ2n) is 6.63. The van der Waals surface area contributed by atoms with Gasteiger partial charge >= 0.3 is 0 Å². The number of pyridine rings is 1. The highest BCUT2D eigenvalue weighted by atomic mass is 32.2. The van der Waals surface area contributed by atoms with Gasteiger partial charge in [0, 0.05) is 19.8 Å². The Labute approximate surface area is 164 Å². The molecular weight excluding hydrogens is 380 g/mol. The van der Waals surface area contributed by atoms with Crippen LogP contribution in [0.2, 0.25) is 0 Å². The van der Waals surface area contributed by atoms with Crippen molar-refractivity contribution in [3.05, 3.63) is 47.2 Å². The van der Waals surface area contributed by atoms with E-state index in [1.165, 1.54) is 23.1 Å². The predicted molar refractivity (Wildman–Crippen MR) is 104 cm³/mol. The van der Waals surface area contributed by atoms with Crippen molar-refractivity contribution in [3.63, 3.8) is 0 Å². The Morgan fingerprint density at radius 2 is 1.93 bits per heavy atom. The number of rotatable bonds is 6. The number of amides is 1. The number of nitriles is 1. The molecule has 0 radical (unpaired) electrons. The van der Waals surface area contributed by atoms with Gasteiger partial charge in [0.25, 0.3) is 5.91 Å². The number of nitrogen functional groups attached to an aromatic ring is 1. The number of ether oxygens (including phenoxy) is 1. The zero-order valence-corrected chi connectivity index (χ0v) is 16.9. The molecule has 2 N–H and O–H groups in total. The van der Waals surface area contributed by atoms with Crippen molar-refractivity contribution in [1.29, 1.82) is 5.26 Å². The summed E-state index contributed by atoms with van der Waals surface area (Å²) in [5.74, 6) is -0.385. The highest BCUT2D eigenvalue weighted by molar-refractivity contribution is 7.90.